The van der Waals surface area contributed by atoms with Crippen molar-refractivity contribution in [2.45, 2.75) is 18.8 Å². The summed E-state index contributed by atoms with van der Waals surface area (Å²) in [5, 5.41) is 5.34. The molecule has 1 aromatic carbocycles. The zero-order valence-electron chi connectivity index (χ0n) is 16.2. The first-order valence-corrected chi connectivity index (χ1v) is 10.5. The third-order valence-electron chi connectivity index (χ3n) is 5.01. The van der Waals surface area contributed by atoms with Crippen LogP contribution in [0.1, 0.15) is 24.5 Å². The molecule has 0 radical (unpaired) electrons. The number of amides is 1. The van der Waals surface area contributed by atoms with Gasteiger partial charge in [0.2, 0.25) is 5.91 Å². The summed E-state index contributed by atoms with van der Waals surface area (Å²) in [4.78, 5) is 27.9. The molecule has 0 saturated carbocycles. The van der Waals surface area contributed by atoms with E-state index in [1.165, 1.54) is 11.3 Å². The second kappa shape index (κ2) is 9.11. The number of aromatic nitrogens is 3. The number of benzene rings is 1. The fourth-order valence-corrected chi connectivity index (χ4v) is 4.25. The number of hydrogen-bond acceptors (Lipinski definition) is 7. The molecule has 1 fully saturated rings. The van der Waals surface area contributed by atoms with E-state index in [4.69, 9.17) is 4.74 Å². The average molecular weight is 410 g/mol. The van der Waals surface area contributed by atoms with Gasteiger partial charge in [-0.25, -0.2) is 4.98 Å². The van der Waals surface area contributed by atoms with Gasteiger partial charge < -0.3 is 10.1 Å². The predicted octanol–water partition coefficient (Wildman–Crippen LogP) is 3.43. The Balaban J connectivity index is 1.49. The summed E-state index contributed by atoms with van der Waals surface area (Å²) >= 11 is 1.42. The Morgan fingerprint density at radius 2 is 2.17 bits per heavy atom. The van der Waals surface area contributed by atoms with E-state index < -0.39 is 0 Å². The first kappa shape index (κ1) is 19.5. The van der Waals surface area contributed by atoms with Crippen molar-refractivity contribution in [3.05, 3.63) is 53.9 Å². The van der Waals surface area contributed by atoms with E-state index in [1.54, 1.807) is 25.7 Å². The summed E-state index contributed by atoms with van der Waals surface area (Å²) in [6.45, 7) is 2.03. The van der Waals surface area contributed by atoms with E-state index in [0.717, 1.165) is 48.6 Å². The molecule has 0 aliphatic carbocycles. The molecule has 2 aromatic heterocycles. The van der Waals surface area contributed by atoms with Crippen LogP contribution in [0, 0.1) is 0 Å². The third-order valence-corrected chi connectivity index (χ3v) is 5.70. The van der Waals surface area contributed by atoms with Gasteiger partial charge in [0.15, 0.2) is 5.13 Å². The molecular weight excluding hydrogens is 386 g/mol. The van der Waals surface area contributed by atoms with Crippen molar-refractivity contribution in [2.24, 2.45) is 0 Å². The maximum atomic E-state index is 12.4. The van der Waals surface area contributed by atoms with Crippen LogP contribution in [0.15, 0.2) is 48.2 Å². The fourth-order valence-electron chi connectivity index (χ4n) is 3.71. The fraction of sp³-hybridized carbons (Fsp3) is 0.333. The summed E-state index contributed by atoms with van der Waals surface area (Å²) in [7, 11) is 1.66. The van der Waals surface area contributed by atoms with Crippen LogP contribution in [-0.2, 0) is 4.79 Å². The predicted molar refractivity (Wildman–Crippen MR) is 113 cm³/mol. The summed E-state index contributed by atoms with van der Waals surface area (Å²) < 4.78 is 5.36. The van der Waals surface area contributed by atoms with Gasteiger partial charge in [0.25, 0.3) is 0 Å². The van der Waals surface area contributed by atoms with E-state index in [-0.39, 0.29) is 11.8 Å². The highest BCUT2D eigenvalue weighted by atomic mass is 32.1. The van der Waals surface area contributed by atoms with E-state index in [9.17, 15) is 4.79 Å². The maximum Gasteiger partial charge on any atom is 0.240 e. The SMILES string of the molecule is COc1cccc(-c2nccnc2[C@H]2CCCN(CC(=O)Nc3nccs3)C2)c1. The monoisotopic (exact) mass is 409 g/mol. The van der Waals surface area contributed by atoms with Crippen LogP contribution >= 0.6 is 11.3 Å². The molecule has 1 aliphatic rings. The van der Waals surface area contributed by atoms with Crippen molar-refractivity contribution in [1.82, 2.24) is 19.9 Å². The van der Waals surface area contributed by atoms with Gasteiger partial charge in [-0.05, 0) is 31.5 Å². The van der Waals surface area contributed by atoms with Crippen LogP contribution in [-0.4, -0.2) is 52.5 Å². The van der Waals surface area contributed by atoms with Crippen LogP contribution < -0.4 is 10.1 Å². The smallest absolute Gasteiger partial charge is 0.240 e. The zero-order chi connectivity index (χ0) is 20.1. The summed E-state index contributed by atoms with van der Waals surface area (Å²) in [5.41, 5.74) is 2.85. The summed E-state index contributed by atoms with van der Waals surface area (Å²) in [6.07, 6.45) is 7.20. The number of ether oxygens (including phenoxy) is 1. The molecule has 7 nitrogen and oxygen atoms in total. The van der Waals surface area contributed by atoms with Gasteiger partial charge in [-0.3, -0.25) is 19.7 Å². The molecule has 4 rings (SSSR count). The molecule has 1 aliphatic heterocycles. The Hall–Kier alpha value is -2.84. The number of anilines is 1. The van der Waals surface area contributed by atoms with Gasteiger partial charge >= 0.3 is 0 Å². The van der Waals surface area contributed by atoms with E-state index in [2.05, 4.69) is 25.2 Å². The highest BCUT2D eigenvalue weighted by Crippen LogP contribution is 2.32. The van der Waals surface area contributed by atoms with Crippen LogP contribution in [0.5, 0.6) is 5.75 Å². The standard InChI is InChI=1S/C21H23N5O2S/c1-28-17-6-2-4-15(12-17)19-20(23-8-7-22-19)16-5-3-10-26(13-16)14-18(27)25-21-24-9-11-29-21/h2,4,6-9,11-12,16H,3,5,10,13-14H2,1H3,(H,24,25,27)/t16-/m0/s1. The number of nitrogens with zero attached hydrogens (tertiary/aromatic N) is 4. The number of methoxy groups -OCH3 is 1. The molecule has 8 heteroatoms. The quantitative estimate of drug-likeness (QED) is 0.672. The van der Waals surface area contributed by atoms with Crippen LogP contribution in [0.3, 0.4) is 0 Å². The first-order chi connectivity index (χ1) is 14.2. The lowest BCUT2D eigenvalue weighted by atomic mass is 9.91. The van der Waals surface area contributed by atoms with Gasteiger partial charge in [0.05, 0.1) is 25.0 Å². The molecule has 0 bridgehead atoms. The molecule has 29 heavy (non-hydrogen) atoms. The minimum atomic E-state index is -0.0345. The average Bonchev–Trinajstić information content (AvgIpc) is 3.27. The second-order valence-electron chi connectivity index (χ2n) is 6.98. The van der Waals surface area contributed by atoms with Gasteiger partial charge in [0, 0.05) is 42.0 Å². The molecule has 1 atom stereocenters. The molecule has 1 amide bonds. The number of carbonyl (C=O) groups excluding carboxylic acids is 1. The molecule has 0 unspecified atom stereocenters. The number of nitrogens with one attached hydrogen (secondary N) is 1. The molecular formula is C21H23N5O2S. The number of likely N-dealkylation sites (tertiary alicyclic amines) is 1. The van der Waals surface area contributed by atoms with Crippen molar-refractivity contribution in [1.29, 1.82) is 0 Å². The summed E-state index contributed by atoms with van der Waals surface area (Å²) in [5.74, 6) is 0.988. The lowest BCUT2D eigenvalue weighted by Crippen LogP contribution is -2.40. The third kappa shape index (κ3) is 4.78. The Morgan fingerprint density at radius 1 is 1.28 bits per heavy atom. The van der Waals surface area contributed by atoms with Crippen LogP contribution in [0.4, 0.5) is 5.13 Å². The van der Waals surface area contributed by atoms with Crippen LogP contribution in [0.25, 0.3) is 11.3 Å². The maximum absolute atomic E-state index is 12.4. The Bertz CT molecular complexity index is 963. The lowest BCUT2D eigenvalue weighted by molar-refractivity contribution is -0.117. The minimum absolute atomic E-state index is 0.0345. The first-order valence-electron chi connectivity index (χ1n) is 9.60. The zero-order valence-corrected chi connectivity index (χ0v) is 17.1. The molecule has 150 valence electrons. The van der Waals surface area contributed by atoms with E-state index in [0.29, 0.717) is 11.7 Å². The minimum Gasteiger partial charge on any atom is -0.497 e. The van der Waals surface area contributed by atoms with Crippen molar-refractivity contribution in [2.75, 3.05) is 32.1 Å². The Labute approximate surface area is 173 Å². The second-order valence-corrected chi connectivity index (χ2v) is 7.88. The number of piperidine rings is 1. The molecule has 1 N–H and O–H groups in total. The number of rotatable bonds is 6. The van der Waals surface area contributed by atoms with E-state index >= 15 is 0 Å². The van der Waals surface area contributed by atoms with Crippen molar-refractivity contribution < 1.29 is 9.53 Å². The van der Waals surface area contributed by atoms with Gasteiger partial charge in [0.1, 0.15) is 5.75 Å². The largest absolute Gasteiger partial charge is 0.497 e. The highest BCUT2D eigenvalue weighted by Gasteiger charge is 2.26. The number of thiazole rings is 1. The molecule has 0 spiro atoms. The van der Waals surface area contributed by atoms with Gasteiger partial charge in [-0.1, -0.05) is 12.1 Å². The summed E-state index contributed by atoms with van der Waals surface area (Å²) in [6, 6.07) is 7.89. The number of hydrogen-bond donors (Lipinski definition) is 1. The van der Waals surface area contributed by atoms with E-state index in [1.807, 2.05) is 29.6 Å². The topological polar surface area (TPSA) is 80.2 Å². The van der Waals surface area contributed by atoms with Crippen molar-refractivity contribution in [3.63, 3.8) is 0 Å². The number of carbonyl (C=O) groups is 1. The normalized spacial score (nSPS) is 17.1. The Kier molecular flexibility index (Phi) is 6.12. The van der Waals surface area contributed by atoms with Gasteiger partial charge in [-0.15, -0.1) is 11.3 Å². The molecule has 3 aromatic rings. The van der Waals surface area contributed by atoms with Gasteiger partial charge in [-0.2, -0.15) is 0 Å². The molecule has 3 heterocycles. The highest BCUT2D eigenvalue weighted by molar-refractivity contribution is 7.13. The van der Waals surface area contributed by atoms with Crippen molar-refractivity contribution >= 4 is 22.4 Å². The van der Waals surface area contributed by atoms with Crippen LogP contribution in [0.2, 0.25) is 0 Å². The Morgan fingerprint density at radius 3 is 3.00 bits per heavy atom. The lowest BCUT2D eigenvalue weighted by Gasteiger charge is -2.32. The molecule has 1 saturated heterocycles. The van der Waals surface area contributed by atoms with Crippen molar-refractivity contribution in [3.8, 4) is 17.0 Å².